The molecule has 0 fully saturated rings. The predicted molar refractivity (Wildman–Crippen MR) is 88.2 cm³/mol. The zero-order chi connectivity index (χ0) is 16.8. The van der Waals surface area contributed by atoms with Gasteiger partial charge in [0.25, 0.3) is 0 Å². The SMILES string of the molecule is O=C(NCc1ccco1)C(=O)NC[C@H](c1ccsc1)n1cccn1. The summed E-state index contributed by atoms with van der Waals surface area (Å²) in [4.78, 5) is 23.8. The Labute approximate surface area is 142 Å². The molecule has 0 saturated carbocycles. The number of aromatic nitrogens is 2. The number of amides is 2. The second kappa shape index (κ2) is 7.60. The van der Waals surface area contributed by atoms with Crippen LogP contribution in [0.2, 0.25) is 0 Å². The van der Waals surface area contributed by atoms with Crippen molar-refractivity contribution < 1.29 is 14.0 Å². The van der Waals surface area contributed by atoms with Crippen LogP contribution in [-0.2, 0) is 16.1 Å². The number of furan rings is 1. The Morgan fingerprint density at radius 2 is 2.12 bits per heavy atom. The summed E-state index contributed by atoms with van der Waals surface area (Å²) >= 11 is 1.57. The van der Waals surface area contributed by atoms with E-state index in [9.17, 15) is 9.59 Å². The number of carbonyl (C=O) groups is 2. The Balaban J connectivity index is 1.56. The fourth-order valence-electron chi connectivity index (χ4n) is 2.22. The van der Waals surface area contributed by atoms with Crippen LogP contribution in [-0.4, -0.2) is 28.1 Å². The summed E-state index contributed by atoms with van der Waals surface area (Å²) in [7, 11) is 0. The quantitative estimate of drug-likeness (QED) is 0.664. The van der Waals surface area contributed by atoms with Crippen LogP contribution in [0.25, 0.3) is 0 Å². The molecule has 0 aliphatic carbocycles. The normalized spacial score (nSPS) is 11.8. The van der Waals surface area contributed by atoms with E-state index in [0.29, 0.717) is 5.76 Å². The van der Waals surface area contributed by atoms with Gasteiger partial charge >= 0.3 is 11.8 Å². The topological polar surface area (TPSA) is 89.2 Å². The van der Waals surface area contributed by atoms with Crippen LogP contribution in [0.5, 0.6) is 0 Å². The highest BCUT2D eigenvalue weighted by molar-refractivity contribution is 7.07. The van der Waals surface area contributed by atoms with Crippen LogP contribution in [0.15, 0.2) is 58.1 Å². The lowest BCUT2D eigenvalue weighted by Crippen LogP contribution is -2.41. The number of carbonyl (C=O) groups excluding carboxylic acids is 2. The van der Waals surface area contributed by atoms with Crippen molar-refractivity contribution in [3.8, 4) is 0 Å². The van der Waals surface area contributed by atoms with E-state index in [1.165, 1.54) is 6.26 Å². The van der Waals surface area contributed by atoms with E-state index >= 15 is 0 Å². The van der Waals surface area contributed by atoms with Crippen molar-refractivity contribution in [2.75, 3.05) is 6.54 Å². The monoisotopic (exact) mass is 344 g/mol. The van der Waals surface area contributed by atoms with Gasteiger partial charge in [-0.2, -0.15) is 16.4 Å². The van der Waals surface area contributed by atoms with Crippen molar-refractivity contribution in [2.24, 2.45) is 0 Å². The first-order valence-electron chi connectivity index (χ1n) is 7.33. The Kier molecular flexibility index (Phi) is 5.07. The van der Waals surface area contributed by atoms with E-state index in [4.69, 9.17) is 4.42 Å². The zero-order valence-electron chi connectivity index (χ0n) is 12.7. The number of nitrogens with one attached hydrogen (secondary N) is 2. The van der Waals surface area contributed by atoms with Gasteiger partial charge in [-0.1, -0.05) is 0 Å². The number of hydrogen-bond acceptors (Lipinski definition) is 5. The Morgan fingerprint density at radius 3 is 2.79 bits per heavy atom. The highest BCUT2D eigenvalue weighted by Crippen LogP contribution is 2.19. The molecule has 3 aromatic rings. The summed E-state index contributed by atoms with van der Waals surface area (Å²) in [6, 6.07) is 7.07. The van der Waals surface area contributed by atoms with E-state index in [-0.39, 0.29) is 19.1 Å². The third-order valence-electron chi connectivity index (χ3n) is 3.44. The van der Waals surface area contributed by atoms with Gasteiger partial charge in [0.05, 0.1) is 18.8 Å². The summed E-state index contributed by atoms with van der Waals surface area (Å²) in [5, 5.41) is 13.3. The highest BCUT2D eigenvalue weighted by atomic mass is 32.1. The third kappa shape index (κ3) is 3.90. The van der Waals surface area contributed by atoms with Gasteiger partial charge in [0.1, 0.15) is 5.76 Å². The van der Waals surface area contributed by atoms with Gasteiger partial charge in [-0.05, 0) is 40.6 Å². The average molecular weight is 344 g/mol. The molecule has 1 atom stereocenters. The lowest BCUT2D eigenvalue weighted by atomic mass is 10.1. The summed E-state index contributed by atoms with van der Waals surface area (Å²) in [5.41, 5.74) is 1.03. The maximum absolute atomic E-state index is 12.0. The number of nitrogens with zero attached hydrogens (tertiary/aromatic N) is 2. The van der Waals surface area contributed by atoms with Crippen LogP contribution in [0, 0.1) is 0 Å². The summed E-state index contributed by atoms with van der Waals surface area (Å²) in [6.45, 7) is 0.442. The predicted octanol–water partition coefficient (Wildman–Crippen LogP) is 1.56. The van der Waals surface area contributed by atoms with Crippen molar-refractivity contribution in [1.82, 2.24) is 20.4 Å². The van der Waals surface area contributed by atoms with E-state index < -0.39 is 11.8 Å². The van der Waals surface area contributed by atoms with Gasteiger partial charge in [-0.15, -0.1) is 0 Å². The average Bonchev–Trinajstić information content (AvgIpc) is 3.35. The molecule has 0 saturated heterocycles. The van der Waals surface area contributed by atoms with Crippen LogP contribution in [0.4, 0.5) is 0 Å². The molecule has 2 N–H and O–H groups in total. The molecule has 2 amide bonds. The molecule has 0 spiro atoms. The highest BCUT2D eigenvalue weighted by Gasteiger charge is 2.19. The molecule has 0 aromatic carbocycles. The lowest BCUT2D eigenvalue weighted by Gasteiger charge is -2.17. The summed E-state index contributed by atoms with van der Waals surface area (Å²) in [6.07, 6.45) is 5.01. The van der Waals surface area contributed by atoms with Gasteiger partial charge < -0.3 is 15.1 Å². The van der Waals surface area contributed by atoms with Gasteiger partial charge in [-0.3, -0.25) is 14.3 Å². The van der Waals surface area contributed by atoms with Crippen molar-refractivity contribution in [2.45, 2.75) is 12.6 Å². The van der Waals surface area contributed by atoms with E-state index in [0.717, 1.165) is 5.56 Å². The molecule has 3 rings (SSSR count). The molecular weight excluding hydrogens is 328 g/mol. The maximum Gasteiger partial charge on any atom is 0.309 e. The third-order valence-corrected chi connectivity index (χ3v) is 4.14. The zero-order valence-corrected chi connectivity index (χ0v) is 13.5. The molecule has 7 nitrogen and oxygen atoms in total. The molecule has 124 valence electrons. The molecule has 0 aliphatic heterocycles. The van der Waals surface area contributed by atoms with Gasteiger partial charge in [-0.25, -0.2) is 0 Å². The maximum atomic E-state index is 12.0. The molecule has 0 unspecified atom stereocenters. The number of rotatable bonds is 6. The number of thiophene rings is 1. The first-order valence-corrected chi connectivity index (χ1v) is 8.28. The molecular formula is C16H16N4O3S. The second-order valence-corrected chi connectivity index (χ2v) is 5.81. The molecule has 3 aromatic heterocycles. The summed E-state index contributed by atoms with van der Waals surface area (Å²) in [5.74, 6) is -0.797. The molecule has 0 aliphatic rings. The van der Waals surface area contributed by atoms with Crippen molar-refractivity contribution in [3.63, 3.8) is 0 Å². The largest absolute Gasteiger partial charge is 0.467 e. The fraction of sp³-hybridized carbons (Fsp3) is 0.188. The fourth-order valence-corrected chi connectivity index (χ4v) is 2.93. The van der Waals surface area contributed by atoms with Crippen LogP contribution >= 0.6 is 11.3 Å². The molecule has 3 heterocycles. The Hall–Kier alpha value is -2.87. The van der Waals surface area contributed by atoms with E-state index in [2.05, 4.69) is 15.7 Å². The smallest absolute Gasteiger partial charge is 0.309 e. The molecule has 24 heavy (non-hydrogen) atoms. The summed E-state index contributed by atoms with van der Waals surface area (Å²) < 4.78 is 6.86. The van der Waals surface area contributed by atoms with Crippen LogP contribution in [0.1, 0.15) is 17.4 Å². The molecule has 0 radical (unpaired) electrons. The van der Waals surface area contributed by atoms with Crippen LogP contribution in [0.3, 0.4) is 0 Å². The lowest BCUT2D eigenvalue weighted by molar-refractivity contribution is -0.139. The minimum absolute atomic E-state index is 0.159. The standard InChI is InChI=1S/C16H16N4O3S/c21-15(17-9-13-3-1-7-23-13)16(22)18-10-14(12-4-8-24-11-12)20-6-2-5-19-20/h1-8,11,14H,9-10H2,(H,17,21)(H,18,22)/t14-/m1/s1. The van der Waals surface area contributed by atoms with Gasteiger partial charge in [0.15, 0.2) is 0 Å². The Morgan fingerprint density at radius 1 is 1.25 bits per heavy atom. The Bertz CT molecular complexity index is 732. The van der Waals surface area contributed by atoms with E-state index in [1.807, 2.05) is 29.1 Å². The molecule has 0 bridgehead atoms. The van der Waals surface area contributed by atoms with Gasteiger partial charge in [0, 0.05) is 18.9 Å². The van der Waals surface area contributed by atoms with Crippen LogP contribution < -0.4 is 10.6 Å². The first-order chi connectivity index (χ1) is 11.7. The van der Waals surface area contributed by atoms with Gasteiger partial charge in [0.2, 0.25) is 0 Å². The van der Waals surface area contributed by atoms with Crippen molar-refractivity contribution >= 4 is 23.2 Å². The minimum Gasteiger partial charge on any atom is -0.467 e. The first kappa shape index (κ1) is 16.0. The van der Waals surface area contributed by atoms with Crippen molar-refractivity contribution in [3.05, 3.63) is 65.0 Å². The van der Waals surface area contributed by atoms with Crippen molar-refractivity contribution in [1.29, 1.82) is 0 Å². The van der Waals surface area contributed by atoms with E-state index in [1.54, 1.807) is 34.3 Å². The number of hydrogen-bond donors (Lipinski definition) is 2. The molecule has 8 heteroatoms. The minimum atomic E-state index is -0.698. The second-order valence-electron chi connectivity index (χ2n) is 5.03.